The molecule has 5 heteroatoms. The van der Waals surface area contributed by atoms with Gasteiger partial charge in [-0.25, -0.2) is 4.98 Å². The molecular weight excluding hydrogens is 196 g/mol. The van der Waals surface area contributed by atoms with E-state index in [-0.39, 0.29) is 12.2 Å². The summed E-state index contributed by atoms with van der Waals surface area (Å²) in [6.45, 7) is 1.10. The van der Waals surface area contributed by atoms with Gasteiger partial charge in [0.2, 0.25) is 0 Å². The number of aromatic nitrogens is 2. The van der Waals surface area contributed by atoms with Crippen LogP contribution in [0.5, 0.6) is 0 Å². The fraction of sp³-hybridized carbons (Fsp3) is 0.600. The Morgan fingerprint density at radius 2 is 2.40 bits per heavy atom. The van der Waals surface area contributed by atoms with Crippen molar-refractivity contribution >= 4 is 0 Å². The molecular formula is C10H14N2O3. The van der Waals surface area contributed by atoms with E-state index in [1.165, 1.54) is 0 Å². The van der Waals surface area contributed by atoms with E-state index in [9.17, 15) is 4.79 Å². The molecule has 0 aromatic carbocycles. The molecule has 0 saturated carbocycles. The van der Waals surface area contributed by atoms with Crippen LogP contribution in [0.15, 0.2) is 4.79 Å². The van der Waals surface area contributed by atoms with Gasteiger partial charge in [0.05, 0.1) is 24.5 Å². The first-order valence-electron chi connectivity index (χ1n) is 5.11. The molecule has 0 spiro atoms. The highest BCUT2D eigenvalue weighted by atomic mass is 16.5. The van der Waals surface area contributed by atoms with Crippen molar-refractivity contribution in [1.82, 2.24) is 9.97 Å². The molecule has 1 aliphatic rings. The Morgan fingerprint density at radius 1 is 1.53 bits per heavy atom. The molecule has 1 aromatic rings. The lowest BCUT2D eigenvalue weighted by molar-refractivity contribution is 0.107. The van der Waals surface area contributed by atoms with Gasteiger partial charge in [0.25, 0.3) is 5.56 Å². The monoisotopic (exact) mass is 210 g/mol. The minimum Gasteiger partial charge on any atom is -0.396 e. The van der Waals surface area contributed by atoms with E-state index in [4.69, 9.17) is 9.84 Å². The minimum atomic E-state index is -0.104. The zero-order chi connectivity index (χ0) is 10.7. The third-order valence-corrected chi connectivity index (χ3v) is 2.45. The fourth-order valence-electron chi connectivity index (χ4n) is 1.66. The molecule has 2 rings (SSSR count). The number of ether oxygens (including phenoxy) is 1. The highest BCUT2D eigenvalue weighted by Gasteiger charge is 2.15. The van der Waals surface area contributed by atoms with Gasteiger partial charge < -0.3 is 14.8 Å². The summed E-state index contributed by atoms with van der Waals surface area (Å²) >= 11 is 0. The molecule has 2 heterocycles. The van der Waals surface area contributed by atoms with Crippen LogP contribution in [0.1, 0.15) is 23.5 Å². The van der Waals surface area contributed by atoms with Crippen LogP contribution in [-0.4, -0.2) is 28.3 Å². The molecule has 0 bridgehead atoms. The van der Waals surface area contributed by atoms with Crippen molar-refractivity contribution in [2.45, 2.75) is 25.9 Å². The third-order valence-electron chi connectivity index (χ3n) is 2.45. The number of fused-ring (bicyclic) bond motifs is 1. The van der Waals surface area contributed by atoms with Gasteiger partial charge in [0.15, 0.2) is 0 Å². The number of aryl methyl sites for hydroxylation is 1. The van der Waals surface area contributed by atoms with E-state index in [0.717, 1.165) is 5.69 Å². The summed E-state index contributed by atoms with van der Waals surface area (Å²) in [7, 11) is 0. The van der Waals surface area contributed by atoms with E-state index in [0.29, 0.717) is 43.9 Å². The Morgan fingerprint density at radius 3 is 3.20 bits per heavy atom. The number of aromatic amines is 1. The maximum absolute atomic E-state index is 11.6. The maximum atomic E-state index is 11.6. The first-order valence-corrected chi connectivity index (χ1v) is 5.11. The fourth-order valence-corrected chi connectivity index (χ4v) is 1.66. The van der Waals surface area contributed by atoms with E-state index in [1.54, 1.807) is 0 Å². The molecule has 0 atom stereocenters. The average molecular weight is 210 g/mol. The molecule has 1 aliphatic heterocycles. The van der Waals surface area contributed by atoms with Crippen molar-refractivity contribution < 1.29 is 9.84 Å². The lowest BCUT2D eigenvalue weighted by atomic mass is 10.1. The smallest absolute Gasteiger partial charge is 0.256 e. The van der Waals surface area contributed by atoms with Gasteiger partial charge in [-0.1, -0.05) is 0 Å². The first kappa shape index (κ1) is 10.3. The highest BCUT2D eigenvalue weighted by Crippen LogP contribution is 2.10. The van der Waals surface area contributed by atoms with Gasteiger partial charge in [0, 0.05) is 19.4 Å². The number of aliphatic hydroxyl groups excluding tert-OH is 1. The highest BCUT2D eigenvalue weighted by molar-refractivity contribution is 5.19. The van der Waals surface area contributed by atoms with Crippen LogP contribution in [0, 0.1) is 0 Å². The Balaban J connectivity index is 2.28. The SMILES string of the molecule is O=c1[nH]c(CCCO)nc2c1COCC2. The van der Waals surface area contributed by atoms with E-state index >= 15 is 0 Å². The van der Waals surface area contributed by atoms with Crippen molar-refractivity contribution in [3.8, 4) is 0 Å². The summed E-state index contributed by atoms with van der Waals surface area (Å²) in [5.74, 6) is 0.662. The van der Waals surface area contributed by atoms with Crippen molar-refractivity contribution in [2.24, 2.45) is 0 Å². The summed E-state index contributed by atoms with van der Waals surface area (Å²) in [4.78, 5) is 18.7. The quantitative estimate of drug-likeness (QED) is 0.722. The Hall–Kier alpha value is -1.20. The third kappa shape index (κ3) is 2.24. The van der Waals surface area contributed by atoms with Crippen LogP contribution < -0.4 is 5.56 Å². The summed E-state index contributed by atoms with van der Waals surface area (Å²) in [6, 6.07) is 0. The second kappa shape index (κ2) is 4.55. The van der Waals surface area contributed by atoms with Gasteiger partial charge in [-0.05, 0) is 6.42 Å². The van der Waals surface area contributed by atoms with Crippen LogP contribution in [0.4, 0.5) is 0 Å². The number of nitrogens with zero attached hydrogens (tertiary/aromatic N) is 1. The van der Waals surface area contributed by atoms with Gasteiger partial charge in [-0.3, -0.25) is 4.79 Å². The first-order chi connectivity index (χ1) is 7.31. The zero-order valence-electron chi connectivity index (χ0n) is 8.45. The van der Waals surface area contributed by atoms with Crippen molar-refractivity contribution in [2.75, 3.05) is 13.2 Å². The summed E-state index contributed by atoms with van der Waals surface area (Å²) in [6.07, 6.45) is 1.93. The number of hydrogen-bond donors (Lipinski definition) is 2. The second-order valence-corrected chi connectivity index (χ2v) is 3.57. The van der Waals surface area contributed by atoms with Crippen LogP contribution >= 0.6 is 0 Å². The number of aliphatic hydroxyl groups is 1. The van der Waals surface area contributed by atoms with Crippen LogP contribution in [0.25, 0.3) is 0 Å². The van der Waals surface area contributed by atoms with Gasteiger partial charge in [-0.2, -0.15) is 0 Å². The van der Waals surface area contributed by atoms with Crippen molar-refractivity contribution in [3.63, 3.8) is 0 Å². The molecule has 5 nitrogen and oxygen atoms in total. The number of nitrogens with one attached hydrogen (secondary N) is 1. The Bertz CT molecular complexity index is 400. The molecule has 0 amide bonds. The summed E-state index contributed by atoms with van der Waals surface area (Å²) < 4.78 is 5.20. The molecule has 0 aliphatic carbocycles. The molecule has 1 aromatic heterocycles. The average Bonchev–Trinajstić information content (AvgIpc) is 2.26. The lowest BCUT2D eigenvalue weighted by Gasteiger charge is -2.15. The van der Waals surface area contributed by atoms with Crippen LogP contribution in [0.2, 0.25) is 0 Å². The molecule has 2 N–H and O–H groups in total. The molecule has 0 fully saturated rings. The second-order valence-electron chi connectivity index (χ2n) is 3.57. The summed E-state index contributed by atoms with van der Waals surface area (Å²) in [5.41, 5.74) is 1.39. The lowest BCUT2D eigenvalue weighted by Crippen LogP contribution is -2.25. The normalized spacial score (nSPS) is 15.0. The maximum Gasteiger partial charge on any atom is 0.256 e. The zero-order valence-corrected chi connectivity index (χ0v) is 8.45. The Labute approximate surface area is 87.1 Å². The largest absolute Gasteiger partial charge is 0.396 e. The van der Waals surface area contributed by atoms with Gasteiger partial charge in [0.1, 0.15) is 5.82 Å². The van der Waals surface area contributed by atoms with E-state index in [1.807, 2.05) is 0 Å². The molecule has 0 saturated heterocycles. The summed E-state index contributed by atoms with van der Waals surface area (Å²) in [5, 5.41) is 8.70. The minimum absolute atomic E-state index is 0.104. The van der Waals surface area contributed by atoms with Crippen molar-refractivity contribution in [3.05, 3.63) is 27.4 Å². The number of hydrogen-bond acceptors (Lipinski definition) is 4. The molecule has 0 unspecified atom stereocenters. The van der Waals surface area contributed by atoms with E-state index < -0.39 is 0 Å². The predicted octanol–water partition coefficient (Wildman–Crippen LogP) is -0.233. The molecule has 15 heavy (non-hydrogen) atoms. The molecule has 0 radical (unpaired) electrons. The van der Waals surface area contributed by atoms with Crippen molar-refractivity contribution in [1.29, 1.82) is 0 Å². The van der Waals surface area contributed by atoms with Crippen LogP contribution in [0.3, 0.4) is 0 Å². The standard InChI is InChI=1S/C10H14N2O3/c13-4-1-2-9-11-8-3-5-15-6-7(8)10(14)12-9/h13H,1-6H2,(H,11,12,14). The number of H-pyrrole nitrogens is 1. The van der Waals surface area contributed by atoms with E-state index in [2.05, 4.69) is 9.97 Å². The van der Waals surface area contributed by atoms with Crippen LogP contribution in [-0.2, 0) is 24.2 Å². The topological polar surface area (TPSA) is 75.2 Å². The van der Waals surface area contributed by atoms with Gasteiger partial charge >= 0.3 is 0 Å². The predicted molar refractivity (Wildman–Crippen MR) is 53.6 cm³/mol. The Kier molecular flexibility index (Phi) is 3.13. The number of rotatable bonds is 3. The molecule has 82 valence electrons. The van der Waals surface area contributed by atoms with Gasteiger partial charge in [-0.15, -0.1) is 0 Å².